The van der Waals surface area contributed by atoms with Gasteiger partial charge in [-0.15, -0.1) is 0 Å². The van der Waals surface area contributed by atoms with E-state index in [9.17, 15) is 21.6 Å². The number of fused-ring (bicyclic) bond motifs is 1. The summed E-state index contributed by atoms with van der Waals surface area (Å²) in [6, 6.07) is 12.1. The molecule has 6 nitrogen and oxygen atoms in total. The number of nitrogens with two attached hydrogens (primary N) is 1. The van der Waals surface area contributed by atoms with Crippen molar-refractivity contribution in [3.05, 3.63) is 59.7 Å². The normalized spacial score (nSPS) is 19.4. The SMILES string of the molecule is NS(=O)(=O)C1=NN2CC(c3ccc(-c4cccc(C(F)(F)F)c4)cc3)=NC2S1. The number of aliphatic imine (C=N–C) groups is 1. The molecular weight excluding hydrogens is 413 g/mol. The molecule has 0 bridgehead atoms. The number of hydrogen-bond donors (Lipinski definition) is 1. The highest BCUT2D eigenvalue weighted by Crippen LogP contribution is 2.34. The molecule has 2 aliphatic heterocycles. The molecule has 0 fully saturated rings. The van der Waals surface area contributed by atoms with Gasteiger partial charge in [-0.25, -0.2) is 18.5 Å². The van der Waals surface area contributed by atoms with Crippen LogP contribution < -0.4 is 5.14 Å². The average molecular weight is 426 g/mol. The number of rotatable bonds is 2. The van der Waals surface area contributed by atoms with E-state index in [1.54, 1.807) is 30.3 Å². The quantitative estimate of drug-likeness (QED) is 0.800. The van der Waals surface area contributed by atoms with Gasteiger partial charge in [0.1, 0.15) is 0 Å². The monoisotopic (exact) mass is 426 g/mol. The highest BCUT2D eigenvalue weighted by molar-refractivity contribution is 8.35. The zero-order valence-corrected chi connectivity index (χ0v) is 15.7. The minimum Gasteiger partial charge on any atom is -0.255 e. The maximum absolute atomic E-state index is 12.9. The lowest BCUT2D eigenvalue weighted by Gasteiger charge is -2.10. The molecule has 0 radical (unpaired) electrons. The van der Waals surface area contributed by atoms with Crippen molar-refractivity contribution in [2.75, 3.05) is 6.54 Å². The number of halogens is 3. The van der Waals surface area contributed by atoms with Crippen molar-refractivity contribution in [3.63, 3.8) is 0 Å². The maximum atomic E-state index is 12.9. The molecule has 28 heavy (non-hydrogen) atoms. The number of alkyl halides is 3. The first kappa shape index (κ1) is 19.0. The summed E-state index contributed by atoms with van der Waals surface area (Å²) in [6.07, 6.45) is -4.39. The third-order valence-corrected chi connectivity index (χ3v) is 6.63. The van der Waals surface area contributed by atoms with Crippen molar-refractivity contribution in [2.45, 2.75) is 11.7 Å². The van der Waals surface area contributed by atoms with Crippen LogP contribution in [0.5, 0.6) is 0 Å². The molecule has 0 spiro atoms. The van der Waals surface area contributed by atoms with E-state index in [0.29, 0.717) is 23.4 Å². The van der Waals surface area contributed by atoms with E-state index in [0.717, 1.165) is 29.5 Å². The van der Waals surface area contributed by atoms with Crippen molar-refractivity contribution in [3.8, 4) is 11.1 Å². The number of benzene rings is 2. The lowest BCUT2D eigenvalue weighted by atomic mass is 10.0. The molecule has 146 valence electrons. The molecular formula is C17H13F3N4O2S2. The van der Waals surface area contributed by atoms with E-state index in [1.807, 2.05) is 0 Å². The van der Waals surface area contributed by atoms with Crippen molar-refractivity contribution in [2.24, 2.45) is 15.2 Å². The van der Waals surface area contributed by atoms with Crippen molar-refractivity contribution in [1.82, 2.24) is 5.01 Å². The third kappa shape index (κ3) is 3.64. The Labute approximate surface area is 163 Å². The van der Waals surface area contributed by atoms with E-state index < -0.39 is 27.3 Å². The Kier molecular flexibility index (Phi) is 4.47. The Morgan fingerprint density at radius 1 is 1.07 bits per heavy atom. The number of sulfonamides is 1. The van der Waals surface area contributed by atoms with Crippen molar-refractivity contribution >= 4 is 31.9 Å². The Hall–Kier alpha value is -2.37. The highest BCUT2D eigenvalue weighted by Gasteiger charge is 2.37. The number of nitrogens with zero attached hydrogens (tertiary/aromatic N) is 3. The van der Waals surface area contributed by atoms with Gasteiger partial charge in [-0.2, -0.15) is 18.3 Å². The molecule has 0 amide bonds. The summed E-state index contributed by atoms with van der Waals surface area (Å²) in [7, 11) is -3.86. The van der Waals surface area contributed by atoms with Crippen LogP contribution in [0.1, 0.15) is 11.1 Å². The van der Waals surface area contributed by atoms with Gasteiger partial charge in [0.05, 0.1) is 17.8 Å². The minimum absolute atomic E-state index is 0.166. The number of hydrazone groups is 1. The van der Waals surface area contributed by atoms with Gasteiger partial charge in [0, 0.05) is 0 Å². The summed E-state index contributed by atoms with van der Waals surface area (Å²) >= 11 is 0.959. The van der Waals surface area contributed by atoms with Crippen LogP contribution in [0, 0.1) is 0 Å². The molecule has 0 saturated carbocycles. The van der Waals surface area contributed by atoms with Gasteiger partial charge in [-0.3, -0.25) is 5.01 Å². The summed E-state index contributed by atoms with van der Waals surface area (Å²) in [6.45, 7) is 0.319. The van der Waals surface area contributed by atoms with E-state index in [2.05, 4.69) is 10.1 Å². The molecule has 11 heteroatoms. The predicted octanol–water partition coefficient (Wildman–Crippen LogP) is 3.07. The van der Waals surface area contributed by atoms with Crippen molar-refractivity contribution in [1.29, 1.82) is 0 Å². The zero-order valence-electron chi connectivity index (χ0n) is 14.1. The van der Waals surface area contributed by atoms with Gasteiger partial charge in [-0.05, 0) is 40.6 Å². The second kappa shape index (κ2) is 6.61. The molecule has 0 saturated heterocycles. The fourth-order valence-corrected chi connectivity index (χ4v) is 4.65. The first-order valence-corrected chi connectivity index (χ1v) is 10.4. The third-order valence-electron chi connectivity index (χ3n) is 4.23. The number of primary sulfonamides is 1. The van der Waals surface area contributed by atoms with Crippen LogP contribution in [0.4, 0.5) is 13.2 Å². The maximum Gasteiger partial charge on any atom is 0.416 e. The van der Waals surface area contributed by atoms with Gasteiger partial charge in [0.2, 0.25) is 4.38 Å². The second-order valence-electron chi connectivity index (χ2n) is 6.18. The Morgan fingerprint density at radius 3 is 2.36 bits per heavy atom. The molecule has 0 aromatic heterocycles. The molecule has 2 heterocycles. The molecule has 2 aliphatic rings. The first-order chi connectivity index (χ1) is 13.1. The van der Waals surface area contributed by atoms with Crippen LogP contribution >= 0.6 is 11.8 Å². The Morgan fingerprint density at radius 2 is 1.75 bits per heavy atom. The summed E-state index contributed by atoms with van der Waals surface area (Å²) in [5, 5.41) is 10.6. The topological polar surface area (TPSA) is 88.1 Å². The molecule has 1 atom stereocenters. The van der Waals surface area contributed by atoms with Crippen LogP contribution in [0.2, 0.25) is 0 Å². The number of hydrogen-bond acceptors (Lipinski definition) is 6. The van der Waals surface area contributed by atoms with Gasteiger partial charge >= 0.3 is 6.18 Å². The summed E-state index contributed by atoms with van der Waals surface area (Å²) in [5.74, 6) is 0. The largest absolute Gasteiger partial charge is 0.416 e. The highest BCUT2D eigenvalue weighted by atomic mass is 32.3. The molecule has 2 aromatic carbocycles. The van der Waals surface area contributed by atoms with Gasteiger partial charge in [-0.1, -0.05) is 36.4 Å². The molecule has 1 unspecified atom stereocenters. The number of thioether (sulfide) groups is 1. The van der Waals surface area contributed by atoms with Crippen LogP contribution in [-0.4, -0.2) is 35.6 Å². The summed E-state index contributed by atoms with van der Waals surface area (Å²) < 4.78 is 61.2. The average Bonchev–Trinajstić information content (AvgIpc) is 3.20. The molecule has 0 aliphatic carbocycles. The van der Waals surface area contributed by atoms with E-state index in [1.165, 1.54) is 11.1 Å². The van der Waals surface area contributed by atoms with Crippen LogP contribution in [-0.2, 0) is 16.2 Å². The summed E-state index contributed by atoms with van der Waals surface area (Å²) in [4.78, 5) is 4.46. The minimum atomic E-state index is -4.39. The summed E-state index contributed by atoms with van der Waals surface area (Å²) in [5.41, 5.74) is 1.44. The molecule has 4 rings (SSSR count). The fraction of sp³-hybridized carbons (Fsp3) is 0.176. The van der Waals surface area contributed by atoms with Gasteiger partial charge in [0.15, 0.2) is 5.50 Å². The zero-order chi connectivity index (χ0) is 20.1. The van der Waals surface area contributed by atoms with Gasteiger partial charge < -0.3 is 0 Å². The first-order valence-electron chi connectivity index (χ1n) is 8.01. The van der Waals surface area contributed by atoms with Crippen LogP contribution in [0.15, 0.2) is 58.6 Å². The second-order valence-corrected chi connectivity index (χ2v) is 8.96. The van der Waals surface area contributed by atoms with Crippen LogP contribution in [0.25, 0.3) is 11.1 Å². The molecule has 2 N–H and O–H groups in total. The van der Waals surface area contributed by atoms with E-state index in [4.69, 9.17) is 5.14 Å². The predicted molar refractivity (Wildman–Crippen MR) is 102 cm³/mol. The lowest BCUT2D eigenvalue weighted by Crippen LogP contribution is -2.21. The molecule has 2 aromatic rings. The Balaban J connectivity index is 1.53. The smallest absolute Gasteiger partial charge is 0.255 e. The van der Waals surface area contributed by atoms with Crippen LogP contribution in [0.3, 0.4) is 0 Å². The standard InChI is InChI=1S/C17H13F3N4O2S2/c18-17(19,20)13-3-1-2-12(8-13)10-4-6-11(7-5-10)14-9-24-15(22-14)27-16(23-24)28(21,25)26/h1-8,15H,9H2,(H2,21,25,26). The lowest BCUT2D eigenvalue weighted by molar-refractivity contribution is -0.137. The van der Waals surface area contributed by atoms with Crippen molar-refractivity contribution < 1.29 is 21.6 Å². The van der Waals surface area contributed by atoms with E-state index in [-0.39, 0.29) is 4.38 Å². The Bertz CT molecular complexity index is 1100. The fourth-order valence-electron chi connectivity index (χ4n) is 2.88. The van der Waals surface area contributed by atoms with Gasteiger partial charge in [0.25, 0.3) is 10.0 Å². The van der Waals surface area contributed by atoms with E-state index >= 15 is 0 Å².